The molecular formula is C22H30N4O2. The second-order valence-corrected chi connectivity index (χ2v) is 7.10. The van der Waals surface area contributed by atoms with Crippen molar-refractivity contribution >= 4 is 5.70 Å². The Hall–Kier alpha value is -2.41. The molecule has 0 spiro atoms. The lowest BCUT2D eigenvalue weighted by Gasteiger charge is -2.30. The van der Waals surface area contributed by atoms with Gasteiger partial charge >= 0.3 is 0 Å². The predicted molar refractivity (Wildman–Crippen MR) is 112 cm³/mol. The minimum Gasteiger partial charge on any atom is -0.476 e. The number of β-amino-alcohol motifs (C(OH)–C–C–N with tert-alkyl or cyclic N) is 1. The predicted octanol–water partition coefficient (Wildman–Crippen LogP) is 1.66. The highest BCUT2D eigenvalue weighted by Crippen LogP contribution is 2.19. The summed E-state index contributed by atoms with van der Waals surface area (Å²) in [5, 5.41) is 16.7. The van der Waals surface area contributed by atoms with Crippen molar-refractivity contribution in [2.75, 3.05) is 39.8 Å². The minimum absolute atomic E-state index is 0.454. The van der Waals surface area contributed by atoms with Crippen molar-refractivity contribution in [3.8, 4) is 5.88 Å². The van der Waals surface area contributed by atoms with E-state index in [1.54, 1.807) is 6.20 Å². The first-order valence-electron chi connectivity index (χ1n) is 9.79. The van der Waals surface area contributed by atoms with Crippen LogP contribution in [0.5, 0.6) is 5.88 Å². The summed E-state index contributed by atoms with van der Waals surface area (Å²) in [7, 11) is 1.88. The number of aliphatic hydroxyl groups is 1. The van der Waals surface area contributed by atoms with Gasteiger partial charge in [-0.2, -0.15) is 0 Å². The van der Waals surface area contributed by atoms with E-state index in [1.807, 2.05) is 19.2 Å². The summed E-state index contributed by atoms with van der Waals surface area (Å²) in [5.74, 6) is 0.572. The maximum absolute atomic E-state index is 10.5. The molecule has 0 amide bonds. The van der Waals surface area contributed by atoms with Crippen LogP contribution in [-0.4, -0.2) is 60.9 Å². The Balaban J connectivity index is 1.45. The lowest BCUT2D eigenvalue weighted by molar-refractivity contribution is 0.107. The van der Waals surface area contributed by atoms with E-state index < -0.39 is 6.10 Å². The number of fused-ring (bicyclic) bond motifs is 1. The number of benzene rings is 1. The largest absolute Gasteiger partial charge is 0.476 e. The number of ether oxygens (including phenoxy) is 1. The summed E-state index contributed by atoms with van der Waals surface area (Å²) < 4.78 is 5.59. The summed E-state index contributed by atoms with van der Waals surface area (Å²) in [5.41, 5.74) is 4.45. The number of nitrogens with zero attached hydrogens (tertiary/aromatic N) is 2. The van der Waals surface area contributed by atoms with Crippen molar-refractivity contribution < 1.29 is 9.84 Å². The van der Waals surface area contributed by atoms with Gasteiger partial charge in [-0.25, -0.2) is 4.98 Å². The van der Waals surface area contributed by atoms with Crippen molar-refractivity contribution in [2.45, 2.75) is 19.1 Å². The molecule has 0 saturated heterocycles. The third-order valence-electron chi connectivity index (χ3n) is 4.92. The maximum Gasteiger partial charge on any atom is 0.213 e. The van der Waals surface area contributed by atoms with Gasteiger partial charge in [0.25, 0.3) is 0 Å². The molecular weight excluding hydrogens is 352 g/mol. The normalized spacial score (nSPS) is 14.9. The van der Waals surface area contributed by atoms with Gasteiger partial charge in [-0.1, -0.05) is 30.8 Å². The zero-order chi connectivity index (χ0) is 19.8. The van der Waals surface area contributed by atoms with Crippen molar-refractivity contribution in [1.82, 2.24) is 20.5 Å². The van der Waals surface area contributed by atoms with Gasteiger partial charge in [-0.3, -0.25) is 4.90 Å². The first kappa shape index (κ1) is 20.3. The molecule has 1 aliphatic rings. The van der Waals surface area contributed by atoms with Crippen LogP contribution in [0.15, 0.2) is 49.2 Å². The molecule has 0 unspecified atom stereocenters. The average Bonchev–Trinajstić information content (AvgIpc) is 2.72. The number of hydrogen-bond donors (Lipinski definition) is 3. The Morgan fingerprint density at radius 1 is 1.32 bits per heavy atom. The summed E-state index contributed by atoms with van der Waals surface area (Å²) >= 11 is 0. The molecule has 3 rings (SSSR count). The summed E-state index contributed by atoms with van der Waals surface area (Å²) in [6, 6.07) is 12.3. The number of aliphatic hydroxyl groups excluding tert-OH is 1. The van der Waals surface area contributed by atoms with Gasteiger partial charge in [0, 0.05) is 56.2 Å². The minimum atomic E-state index is -0.463. The molecule has 6 heteroatoms. The van der Waals surface area contributed by atoms with Gasteiger partial charge in [0.2, 0.25) is 5.88 Å². The smallest absolute Gasteiger partial charge is 0.213 e. The monoisotopic (exact) mass is 382 g/mol. The number of hydrogen-bond acceptors (Lipinski definition) is 6. The highest BCUT2D eigenvalue weighted by Gasteiger charge is 2.18. The van der Waals surface area contributed by atoms with Crippen LogP contribution in [-0.2, 0) is 13.0 Å². The van der Waals surface area contributed by atoms with Crippen LogP contribution < -0.4 is 15.4 Å². The van der Waals surface area contributed by atoms with Crippen LogP contribution in [0.4, 0.5) is 0 Å². The molecule has 2 heterocycles. The number of aromatic nitrogens is 1. The van der Waals surface area contributed by atoms with Crippen LogP contribution in [0.3, 0.4) is 0 Å². The molecule has 2 aromatic rings. The molecule has 1 aromatic heterocycles. The lowest BCUT2D eigenvalue weighted by Crippen LogP contribution is -2.40. The summed E-state index contributed by atoms with van der Waals surface area (Å²) in [6.07, 6.45) is 2.28. The Morgan fingerprint density at radius 3 is 2.96 bits per heavy atom. The molecule has 0 fully saturated rings. The molecule has 0 bridgehead atoms. The van der Waals surface area contributed by atoms with Gasteiger partial charge < -0.3 is 20.5 Å². The number of nitrogens with one attached hydrogen (secondary N) is 2. The highest BCUT2D eigenvalue weighted by atomic mass is 16.5. The van der Waals surface area contributed by atoms with Gasteiger partial charge in [0.15, 0.2) is 0 Å². The fourth-order valence-corrected chi connectivity index (χ4v) is 3.35. The Morgan fingerprint density at radius 2 is 2.14 bits per heavy atom. The van der Waals surface area contributed by atoms with Crippen molar-refractivity contribution in [1.29, 1.82) is 0 Å². The Bertz CT molecular complexity index is 781. The van der Waals surface area contributed by atoms with Gasteiger partial charge in [-0.15, -0.1) is 0 Å². The molecule has 0 aliphatic carbocycles. The molecule has 1 aromatic carbocycles. The van der Waals surface area contributed by atoms with Gasteiger partial charge in [-0.05, 0) is 30.7 Å². The summed E-state index contributed by atoms with van der Waals surface area (Å²) in [6.45, 7) is 8.37. The number of pyridine rings is 1. The third kappa shape index (κ3) is 5.79. The van der Waals surface area contributed by atoms with Gasteiger partial charge in [0.1, 0.15) is 6.61 Å². The SMILES string of the molecule is C=C(NC[C@H](O)CN1CCc2ccccc2C1)c1ccnc(OCCNC)c1. The van der Waals surface area contributed by atoms with E-state index >= 15 is 0 Å². The first-order valence-corrected chi connectivity index (χ1v) is 9.79. The van der Waals surface area contributed by atoms with Crippen LogP contribution in [0, 0.1) is 0 Å². The molecule has 0 saturated carbocycles. The average molecular weight is 383 g/mol. The van der Waals surface area contributed by atoms with Crippen LogP contribution in [0.1, 0.15) is 16.7 Å². The zero-order valence-electron chi connectivity index (χ0n) is 16.5. The van der Waals surface area contributed by atoms with E-state index in [1.165, 1.54) is 11.1 Å². The van der Waals surface area contributed by atoms with E-state index in [9.17, 15) is 5.11 Å². The molecule has 0 radical (unpaired) electrons. The molecule has 1 atom stereocenters. The van der Waals surface area contributed by atoms with E-state index in [0.717, 1.165) is 37.3 Å². The van der Waals surface area contributed by atoms with Crippen molar-refractivity contribution in [3.63, 3.8) is 0 Å². The molecule has 150 valence electrons. The molecule has 1 aliphatic heterocycles. The van der Waals surface area contributed by atoms with Gasteiger partial charge in [0.05, 0.1) is 6.10 Å². The third-order valence-corrected chi connectivity index (χ3v) is 4.92. The molecule has 28 heavy (non-hydrogen) atoms. The van der Waals surface area contributed by atoms with E-state index in [0.29, 0.717) is 25.6 Å². The molecule has 6 nitrogen and oxygen atoms in total. The van der Waals surface area contributed by atoms with E-state index in [4.69, 9.17) is 4.74 Å². The lowest BCUT2D eigenvalue weighted by atomic mass is 10.00. The van der Waals surface area contributed by atoms with Crippen molar-refractivity contribution in [3.05, 3.63) is 65.9 Å². The summed E-state index contributed by atoms with van der Waals surface area (Å²) in [4.78, 5) is 6.51. The molecule has 3 N–H and O–H groups in total. The van der Waals surface area contributed by atoms with E-state index in [-0.39, 0.29) is 0 Å². The first-order chi connectivity index (χ1) is 13.7. The zero-order valence-corrected chi connectivity index (χ0v) is 16.5. The number of rotatable bonds is 10. The Kier molecular flexibility index (Phi) is 7.42. The quantitative estimate of drug-likeness (QED) is 0.543. The maximum atomic E-state index is 10.5. The van der Waals surface area contributed by atoms with E-state index in [2.05, 4.69) is 51.4 Å². The van der Waals surface area contributed by atoms with Crippen LogP contribution >= 0.6 is 0 Å². The number of likely N-dealkylation sites (N-methyl/N-ethyl adjacent to an activating group) is 1. The standard InChI is InChI=1S/C22H30N4O2/c1-17(19-7-9-24-22(13-19)28-12-10-23-2)25-14-21(27)16-26-11-8-18-5-3-4-6-20(18)15-26/h3-7,9,13,21,23,25,27H,1,8,10-12,14-16H2,2H3/t21-/m0/s1. The second kappa shape index (κ2) is 10.2. The highest BCUT2D eigenvalue weighted by molar-refractivity contribution is 5.62. The second-order valence-electron chi connectivity index (χ2n) is 7.10. The topological polar surface area (TPSA) is 69.7 Å². The fourth-order valence-electron chi connectivity index (χ4n) is 3.35. The van der Waals surface area contributed by atoms with Crippen LogP contribution in [0.2, 0.25) is 0 Å². The van der Waals surface area contributed by atoms with Crippen molar-refractivity contribution in [2.24, 2.45) is 0 Å². The van der Waals surface area contributed by atoms with Crippen LogP contribution in [0.25, 0.3) is 5.70 Å². The fraction of sp³-hybridized carbons (Fsp3) is 0.409. The Labute approximate surface area is 167 Å².